The van der Waals surface area contributed by atoms with Gasteiger partial charge in [-0.15, -0.1) is 11.3 Å². The van der Waals surface area contributed by atoms with E-state index in [4.69, 9.17) is 4.74 Å². The maximum Gasteiger partial charge on any atom is 0.122 e. The smallest absolute Gasteiger partial charge is 0.122 e. The standard InChI is InChI=1S/C18H25NOS/c1-5-8-19-11-17-10-16(15(4)21-17)12-20-18-9-13(2)6-7-14(18)3/h6-7,9-10,19H,5,8,11-12H2,1-4H3. The Morgan fingerprint density at radius 1 is 1.14 bits per heavy atom. The lowest BCUT2D eigenvalue weighted by molar-refractivity contribution is 0.303. The van der Waals surface area contributed by atoms with Crippen molar-refractivity contribution in [3.8, 4) is 5.75 Å². The van der Waals surface area contributed by atoms with Crippen molar-refractivity contribution < 1.29 is 4.74 Å². The van der Waals surface area contributed by atoms with Crippen molar-refractivity contribution in [3.63, 3.8) is 0 Å². The summed E-state index contributed by atoms with van der Waals surface area (Å²) in [5.41, 5.74) is 3.73. The molecule has 0 unspecified atom stereocenters. The van der Waals surface area contributed by atoms with Crippen molar-refractivity contribution in [1.82, 2.24) is 5.32 Å². The van der Waals surface area contributed by atoms with Crippen LogP contribution in [0.1, 0.15) is 39.8 Å². The fourth-order valence-electron chi connectivity index (χ4n) is 2.22. The van der Waals surface area contributed by atoms with Crippen molar-refractivity contribution in [2.75, 3.05) is 6.54 Å². The van der Waals surface area contributed by atoms with E-state index in [9.17, 15) is 0 Å². The summed E-state index contributed by atoms with van der Waals surface area (Å²) in [7, 11) is 0. The molecule has 0 fully saturated rings. The summed E-state index contributed by atoms with van der Waals surface area (Å²) < 4.78 is 6.01. The van der Waals surface area contributed by atoms with Crippen LogP contribution in [0.15, 0.2) is 24.3 Å². The number of rotatable bonds is 7. The summed E-state index contributed by atoms with van der Waals surface area (Å²) in [6.45, 7) is 11.2. The lowest BCUT2D eigenvalue weighted by Gasteiger charge is -2.09. The van der Waals surface area contributed by atoms with Gasteiger partial charge in [0, 0.05) is 21.9 Å². The number of ether oxygens (including phenoxy) is 1. The normalized spacial score (nSPS) is 10.9. The van der Waals surface area contributed by atoms with E-state index < -0.39 is 0 Å². The molecule has 1 heterocycles. The quantitative estimate of drug-likeness (QED) is 0.745. The molecule has 0 aliphatic carbocycles. The highest BCUT2D eigenvalue weighted by Crippen LogP contribution is 2.25. The second-order valence-corrected chi connectivity index (χ2v) is 6.87. The molecule has 21 heavy (non-hydrogen) atoms. The first-order chi connectivity index (χ1) is 10.1. The van der Waals surface area contributed by atoms with Crippen LogP contribution in [0.5, 0.6) is 5.75 Å². The Kier molecular flexibility index (Phi) is 5.83. The number of thiophene rings is 1. The van der Waals surface area contributed by atoms with Gasteiger partial charge >= 0.3 is 0 Å². The average Bonchev–Trinajstić information content (AvgIpc) is 2.80. The van der Waals surface area contributed by atoms with E-state index in [0.29, 0.717) is 6.61 Å². The first-order valence-electron chi connectivity index (χ1n) is 7.59. The predicted octanol–water partition coefficient (Wildman–Crippen LogP) is 4.75. The van der Waals surface area contributed by atoms with Gasteiger partial charge in [0.25, 0.3) is 0 Å². The van der Waals surface area contributed by atoms with E-state index in [1.807, 2.05) is 11.3 Å². The molecule has 3 heteroatoms. The zero-order valence-corrected chi connectivity index (χ0v) is 14.3. The van der Waals surface area contributed by atoms with Crippen LogP contribution in [0.4, 0.5) is 0 Å². The van der Waals surface area contributed by atoms with Crippen LogP contribution in [-0.4, -0.2) is 6.54 Å². The summed E-state index contributed by atoms with van der Waals surface area (Å²) in [5.74, 6) is 0.992. The lowest BCUT2D eigenvalue weighted by Crippen LogP contribution is -2.12. The molecular weight excluding hydrogens is 278 g/mol. The number of benzene rings is 1. The summed E-state index contributed by atoms with van der Waals surface area (Å²) in [5, 5.41) is 3.45. The predicted molar refractivity (Wildman–Crippen MR) is 91.3 cm³/mol. The first-order valence-corrected chi connectivity index (χ1v) is 8.40. The monoisotopic (exact) mass is 303 g/mol. The number of hydrogen-bond acceptors (Lipinski definition) is 3. The molecule has 0 bridgehead atoms. The van der Waals surface area contributed by atoms with Gasteiger partial charge in [-0.1, -0.05) is 19.1 Å². The molecular formula is C18H25NOS. The van der Waals surface area contributed by atoms with Crippen molar-refractivity contribution in [2.24, 2.45) is 0 Å². The molecule has 0 saturated carbocycles. The Hall–Kier alpha value is -1.32. The van der Waals surface area contributed by atoms with Gasteiger partial charge in [-0.05, 0) is 57.0 Å². The van der Waals surface area contributed by atoms with Gasteiger partial charge in [-0.25, -0.2) is 0 Å². The fourth-order valence-corrected chi connectivity index (χ4v) is 3.24. The van der Waals surface area contributed by atoms with Crippen LogP contribution in [-0.2, 0) is 13.2 Å². The molecule has 1 aromatic heterocycles. The minimum Gasteiger partial charge on any atom is -0.489 e. The molecule has 2 aromatic rings. The molecule has 0 aliphatic rings. The van der Waals surface area contributed by atoms with E-state index >= 15 is 0 Å². The van der Waals surface area contributed by atoms with Crippen molar-refractivity contribution in [2.45, 2.75) is 47.3 Å². The molecule has 0 spiro atoms. The molecule has 2 rings (SSSR count). The Balaban J connectivity index is 1.98. The molecule has 114 valence electrons. The van der Waals surface area contributed by atoms with Gasteiger partial charge in [0.2, 0.25) is 0 Å². The van der Waals surface area contributed by atoms with Gasteiger partial charge in [0.1, 0.15) is 12.4 Å². The van der Waals surface area contributed by atoms with E-state index in [2.05, 4.69) is 57.3 Å². The summed E-state index contributed by atoms with van der Waals surface area (Å²) in [6.07, 6.45) is 1.17. The van der Waals surface area contributed by atoms with E-state index in [0.717, 1.165) is 18.8 Å². The SMILES string of the molecule is CCCNCc1cc(COc2cc(C)ccc2C)c(C)s1. The van der Waals surface area contributed by atoms with Gasteiger partial charge in [-0.2, -0.15) is 0 Å². The van der Waals surface area contributed by atoms with Gasteiger partial charge in [0.15, 0.2) is 0 Å². The molecule has 0 amide bonds. The Labute approximate surface area is 132 Å². The highest BCUT2D eigenvalue weighted by Gasteiger charge is 2.07. The maximum atomic E-state index is 6.01. The molecule has 1 N–H and O–H groups in total. The van der Waals surface area contributed by atoms with E-state index in [1.165, 1.54) is 32.9 Å². The molecule has 2 nitrogen and oxygen atoms in total. The summed E-state index contributed by atoms with van der Waals surface area (Å²) in [4.78, 5) is 2.74. The van der Waals surface area contributed by atoms with Crippen molar-refractivity contribution >= 4 is 11.3 Å². The van der Waals surface area contributed by atoms with Crippen LogP contribution in [0.3, 0.4) is 0 Å². The minimum absolute atomic E-state index is 0.653. The van der Waals surface area contributed by atoms with Gasteiger partial charge < -0.3 is 10.1 Å². The molecule has 0 radical (unpaired) electrons. The molecule has 1 aromatic carbocycles. The first kappa shape index (κ1) is 16.1. The largest absolute Gasteiger partial charge is 0.489 e. The van der Waals surface area contributed by atoms with Crippen LogP contribution in [0.2, 0.25) is 0 Å². The molecule has 0 aliphatic heterocycles. The molecule has 0 atom stereocenters. The van der Waals surface area contributed by atoms with Gasteiger partial charge in [-0.3, -0.25) is 0 Å². The highest BCUT2D eigenvalue weighted by molar-refractivity contribution is 7.12. The zero-order valence-electron chi connectivity index (χ0n) is 13.5. The Morgan fingerprint density at radius 2 is 1.95 bits per heavy atom. The highest BCUT2D eigenvalue weighted by atomic mass is 32.1. The number of nitrogens with one attached hydrogen (secondary N) is 1. The van der Waals surface area contributed by atoms with Crippen LogP contribution in [0.25, 0.3) is 0 Å². The van der Waals surface area contributed by atoms with Crippen LogP contribution < -0.4 is 10.1 Å². The topological polar surface area (TPSA) is 21.3 Å². The van der Waals surface area contributed by atoms with Crippen molar-refractivity contribution in [3.05, 3.63) is 50.7 Å². The summed E-state index contributed by atoms with van der Waals surface area (Å²) >= 11 is 1.86. The number of aryl methyl sites for hydroxylation is 3. The minimum atomic E-state index is 0.653. The second kappa shape index (κ2) is 7.62. The Morgan fingerprint density at radius 3 is 2.71 bits per heavy atom. The summed E-state index contributed by atoms with van der Waals surface area (Å²) in [6, 6.07) is 8.62. The molecule has 0 saturated heterocycles. The number of hydrogen-bond donors (Lipinski definition) is 1. The third kappa shape index (κ3) is 4.58. The maximum absolute atomic E-state index is 6.01. The second-order valence-electron chi connectivity index (χ2n) is 5.53. The average molecular weight is 303 g/mol. The van der Waals surface area contributed by atoms with Crippen LogP contribution >= 0.6 is 11.3 Å². The fraction of sp³-hybridized carbons (Fsp3) is 0.444. The van der Waals surface area contributed by atoms with Crippen LogP contribution in [0, 0.1) is 20.8 Å². The third-order valence-electron chi connectivity index (χ3n) is 3.52. The zero-order chi connectivity index (χ0) is 15.2. The Bertz CT molecular complexity index is 589. The van der Waals surface area contributed by atoms with Crippen molar-refractivity contribution in [1.29, 1.82) is 0 Å². The third-order valence-corrected chi connectivity index (χ3v) is 4.62. The lowest BCUT2D eigenvalue weighted by atomic mass is 10.1. The van der Waals surface area contributed by atoms with E-state index in [-0.39, 0.29) is 0 Å². The van der Waals surface area contributed by atoms with Gasteiger partial charge in [0.05, 0.1) is 0 Å². The van der Waals surface area contributed by atoms with E-state index in [1.54, 1.807) is 0 Å².